The van der Waals surface area contributed by atoms with Crippen LogP contribution in [0.15, 0.2) is 12.3 Å². The van der Waals surface area contributed by atoms with E-state index in [2.05, 4.69) is 44.1 Å². The minimum Gasteiger partial charge on any atom is -0.372 e. The molecular formula is C18H34N2O. The number of rotatable bonds is 5. The van der Waals surface area contributed by atoms with E-state index < -0.39 is 0 Å². The summed E-state index contributed by atoms with van der Waals surface area (Å²) in [7, 11) is 0. The zero-order valence-electron chi connectivity index (χ0n) is 15.1. The van der Waals surface area contributed by atoms with Crippen molar-refractivity contribution >= 4 is 5.78 Å². The third kappa shape index (κ3) is 4.84. The van der Waals surface area contributed by atoms with E-state index in [0.717, 1.165) is 26.1 Å². The van der Waals surface area contributed by atoms with Gasteiger partial charge in [-0.3, -0.25) is 9.69 Å². The van der Waals surface area contributed by atoms with Gasteiger partial charge in [-0.1, -0.05) is 41.2 Å². The number of hydrogen-bond donors (Lipinski definition) is 0. The highest BCUT2D eigenvalue weighted by molar-refractivity contribution is 5.89. The van der Waals surface area contributed by atoms with Gasteiger partial charge in [0, 0.05) is 36.8 Å². The lowest BCUT2D eigenvalue weighted by atomic mass is 9.84. The van der Waals surface area contributed by atoms with Crippen LogP contribution in [0, 0.1) is 11.3 Å². The van der Waals surface area contributed by atoms with Gasteiger partial charge in [-0.15, -0.1) is 0 Å². The number of carbonyl (C=O) groups is 1. The van der Waals surface area contributed by atoms with Crippen LogP contribution in [0.25, 0.3) is 0 Å². The van der Waals surface area contributed by atoms with E-state index in [4.69, 9.17) is 0 Å². The fraction of sp³-hybridized carbons (Fsp3) is 0.833. The molecule has 1 atom stereocenters. The number of carbonyl (C=O) groups excluding carboxylic acids is 1. The van der Waals surface area contributed by atoms with Crippen LogP contribution in [-0.2, 0) is 4.79 Å². The average Bonchev–Trinajstić information content (AvgIpc) is 2.35. The second kappa shape index (κ2) is 6.95. The third-order valence-electron chi connectivity index (χ3n) is 4.22. The Labute approximate surface area is 131 Å². The molecule has 122 valence electrons. The minimum atomic E-state index is -0.291. The predicted molar refractivity (Wildman–Crippen MR) is 90.3 cm³/mol. The number of nitrogens with zero attached hydrogens (tertiary/aromatic N) is 2. The molecule has 0 aromatic rings. The SMILES string of the molecule is C=C(CC(C)C)N1CCN(C(C)C)[C@H](C(=O)C(C)(C)C)C1. The highest BCUT2D eigenvalue weighted by Gasteiger charge is 2.38. The monoisotopic (exact) mass is 294 g/mol. The molecule has 0 unspecified atom stereocenters. The second-order valence-electron chi connectivity index (χ2n) is 8.07. The van der Waals surface area contributed by atoms with Gasteiger partial charge in [0.1, 0.15) is 0 Å². The molecule has 0 aromatic carbocycles. The summed E-state index contributed by atoms with van der Waals surface area (Å²) in [5.74, 6) is 0.954. The molecular weight excluding hydrogens is 260 g/mol. The molecule has 0 bridgehead atoms. The number of Topliss-reactive ketones (excluding diaryl/α,β-unsaturated/α-hetero) is 1. The van der Waals surface area contributed by atoms with E-state index in [1.165, 1.54) is 5.70 Å². The first-order valence-electron chi connectivity index (χ1n) is 8.26. The van der Waals surface area contributed by atoms with Crippen molar-refractivity contribution in [1.82, 2.24) is 9.80 Å². The van der Waals surface area contributed by atoms with Gasteiger partial charge in [-0.25, -0.2) is 0 Å². The summed E-state index contributed by atoms with van der Waals surface area (Å²) in [6.07, 6.45) is 1.01. The fourth-order valence-corrected chi connectivity index (χ4v) is 3.04. The second-order valence-corrected chi connectivity index (χ2v) is 8.07. The Kier molecular flexibility index (Phi) is 6.03. The Morgan fingerprint density at radius 2 is 1.76 bits per heavy atom. The maximum atomic E-state index is 12.8. The molecule has 3 nitrogen and oxygen atoms in total. The van der Waals surface area contributed by atoms with Gasteiger partial charge in [-0.05, 0) is 26.2 Å². The summed E-state index contributed by atoms with van der Waals surface area (Å²) in [6, 6.07) is 0.393. The van der Waals surface area contributed by atoms with Crippen LogP contribution in [0.5, 0.6) is 0 Å². The molecule has 0 radical (unpaired) electrons. The fourth-order valence-electron chi connectivity index (χ4n) is 3.04. The summed E-state index contributed by atoms with van der Waals surface area (Å²) in [5, 5.41) is 0. The van der Waals surface area contributed by atoms with Gasteiger partial charge < -0.3 is 4.90 Å². The Morgan fingerprint density at radius 1 is 1.19 bits per heavy atom. The van der Waals surface area contributed by atoms with Crippen molar-refractivity contribution in [1.29, 1.82) is 0 Å². The average molecular weight is 294 g/mol. The number of piperazine rings is 1. The van der Waals surface area contributed by atoms with Crippen LogP contribution in [0.2, 0.25) is 0 Å². The molecule has 0 aromatic heterocycles. The Morgan fingerprint density at radius 3 is 2.19 bits per heavy atom. The van der Waals surface area contributed by atoms with E-state index in [-0.39, 0.29) is 11.5 Å². The first-order chi connectivity index (χ1) is 9.54. The summed E-state index contributed by atoms with van der Waals surface area (Å²) in [4.78, 5) is 17.5. The van der Waals surface area contributed by atoms with Crippen LogP contribution in [0.4, 0.5) is 0 Å². The molecule has 1 heterocycles. The summed E-state index contributed by atoms with van der Waals surface area (Å²) in [5.41, 5.74) is 0.889. The highest BCUT2D eigenvalue weighted by Crippen LogP contribution is 2.26. The molecule has 1 fully saturated rings. The van der Waals surface area contributed by atoms with Crippen molar-refractivity contribution in [2.45, 2.75) is 67.0 Å². The van der Waals surface area contributed by atoms with E-state index in [1.807, 2.05) is 20.8 Å². The predicted octanol–water partition coefficient (Wildman–Crippen LogP) is 3.56. The number of allylic oxidation sites excluding steroid dienone is 1. The summed E-state index contributed by atoms with van der Waals surface area (Å²) < 4.78 is 0. The first kappa shape index (κ1) is 18.2. The topological polar surface area (TPSA) is 23.6 Å². The van der Waals surface area contributed by atoms with Crippen LogP contribution >= 0.6 is 0 Å². The highest BCUT2D eigenvalue weighted by atomic mass is 16.1. The largest absolute Gasteiger partial charge is 0.372 e. The lowest BCUT2D eigenvalue weighted by molar-refractivity contribution is -0.135. The molecule has 3 heteroatoms. The molecule has 0 N–H and O–H groups in total. The molecule has 1 aliphatic heterocycles. The van der Waals surface area contributed by atoms with E-state index in [0.29, 0.717) is 17.7 Å². The van der Waals surface area contributed by atoms with Crippen molar-refractivity contribution in [3.8, 4) is 0 Å². The molecule has 0 aliphatic carbocycles. The lowest BCUT2D eigenvalue weighted by Gasteiger charge is -2.46. The van der Waals surface area contributed by atoms with Crippen LogP contribution in [-0.4, -0.2) is 47.3 Å². The Bertz CT molecular complexity index is 379. The molecule has 0 saturated carbocycles. The van der Waals surface area contributed by atoms with Gasteiger partial charge in [0.2, 0.25) is 0 Å². The van der Waals surface area contributed by atoms with Gasteiger partial charge in [-0.2, -0.15) is 0 Å². The summed E-state index contributed by atoms with van der Waals surface area (Å²) in [6.45, 7) is 21.8. The van der Waals surface area contributed by atoms with Crippen LogP contribution in [0.3, 0.4) is 0 Å². The van der Waals surface area contributed by atoms with Gasteiger partial charge >= 0.3 is 0 Å². The Balaban J connectivity index is 2.88. The van der Waals surface area contributed by atoms with Crippen molar-refractivity contribution in [3.05, 3.63) is 12.3 Å². The molecule has 1 aliphatic rings. The lowest BCUT2D eigenvalue weighted by Crippen LogP contribution is -2.59. The van der Waals surface area contributed by atoms with E-state index >= 15 is 0 Å². The number of hydrogen-bond acceptors (Lipinski definition) is 3. The Hall–Kier alpha value is -0.830. The standard InChI is InChI=1S/C18H34N2O/c1-13(2)11-15(5)19-9-10-20(14(3)4)16(12-19)17(21)18(6,7)8/h13-14,16H,5,9-12H2,1-4,6-8H3/t16-/m0/s1. The normalized spacial score (nSPS) is 21.2. The van der Waals surface area contributed by atoms with Crippen molar-refractivity contribution in [3.63, 3.8) is 0 Å². The minimum absolute atomic E-state index is 0.0114. The van der Waals surface area contributed by atoms with Crippen molar-refractivity contribution in [2.75, 3.05) is 19.6 Å². The zero-order valence-corrected chi connectivity index (χ0v) is 15.1. The molecule has 1 rings (SSSR count). The summed E-state index contributed by atoms with van der Waals surface area (Å²) >= 11 is 0. The zero-order chi connectivity index (χ0) is 16.4. The number of ketones is 1. The van der Waals surface area contributed by atoms with E-state index in [1.54, 1.807) is 0 Å². The van der Waals surface area contributed by atoms with Crippen molar-refractivity contribution < 1.29 is 4.79 Å². The quantitative estimate of drug-likeness (QED) is 0.774. The van der Waals surface area contributed by atoms with Crippen LogP contribution in [0.1, 0.15) is 54.9 Å². The molecule has 0 spiro atoms. The van der Waals surface area contributed by atoms with E-state index in [9.17, 15) is 4.79 Å². The van der Waals surface area contributed by atoms with Gasteiger partial charge in [0.05, 0.1) is 6.04 Å². The van der Waals surface area contributed by atoms with Crippen LogP contribution < -0.4 is 0 Å². The first-order valence-corrected chi connectivity index (χ1v) is 8.26. The maximum Gasteiger partial charge on any atom is 0.157 e. The van der Waals surface area contributed by atoms with Crippen molar-refractivity contribution in [2.24, 2.45) is 11.3 Å². The van der Waals surface area contributed by atoms with Gasteiger partial charge in [0.25, 0.3) is 0 Å². The third-order valence-corrected chi connectivity index (χ3v) is 4.22. The molecule has 0 amide bonds. The van der Waals surface area contributed by atoms with Gasteiger partial charge in [0.15, 0.2) is 5.78 Å². The molecule has 1 saturated heterocycles. The molecule has 21 heavy (non-hydrogen) atoms. The smallest absolute Gasteiger partial charge is 0.157 e. The maximum absolute atomic E-state index is 12.8.